The molecule has 4 nitrogen and oxygen atoms in total. The van der Waals surface area contributed by atoms with Gasteiger partial charge in [0.1, 0.15) is 6.54 Å². The number of rotatable bonds is 8. The van der Waals surface area contributed by atoms with Crippen molar-refractivity contribution in [2.45, 2.75) is 23.7 Å². The highest BCUT2D eigenvalue weighted by atomic mass is 32.2. The Hall–Kier alpha value is -2.09. The summed E-state index contributed by atoms with van der Waals surface area (Å²) in [5.41, 5.74) is 1.80. The van der Waals surface area contributed by atoms with Crippen LogP contribution in [0.4, 0.5) is 4.39 Å². The average molecular weight is 392 g/mol. The van der Waals surface area contributed by atoms with E-state index in [9.17, 15) is 12.8 Å². The van der Waals surface area contributed by atoms with Gasteiger partial charge in [-0.25, -0.2) is 13.4 Å². The molecule has 0 aliphatic heterocycles. The van der Waals surface area contributed by atoms with Gasteiger partial charge in [-0.2, -0.15) is 4.39 Å². The summed E-state index contributed by atoms with van der Waals surface area (Å²) in [6.45, 7) is 1.66. The Bertz CT molecular complexity index is 966. The van der Waals surface area contributed by atoms with Gasteiger partial charge in [-0.3, -0.25) is 0 Å². The van der Waals surface area contributed by atoms with Crippen molar-refractivity contribution < 1.29 is 18.1 Å². The van der Waals surface area contributed by atoms with Crippen molar-refractivity contribution in [3.63, 3.8) is 0 Å². The second-order valence-corrected chi connectivity index (χ2v) is 8.94. The van der Waals surface area contributed by atoms with Gasteiger partial charge in [-0.1, -0.05) is 42.5 Å². The molecule has 0 amide bonds. The summed E-state index contributed by atoms with van der Waals surface area (Å²) >= 11 is 0.991. The Morgan fingerprint density at radius 2 is 1.85 bits per heavy atom. The molecule has 2 aromatic carbocycles. The summed E-state index contributed by atoms with van der Waals surface area (Å²) in [6.07, 6.45) is 2.23. The standard InChI is InChI=1S/C19H19FN2O2S2/c20-18(12-6-7-13-21-14-15-8-2-1-3-9-15)26(23,24)19-22-16-10-4-5-11-17(16)25-19/h1-5,8-12,21H,6-7,13-14H2/p+1/b18-12+. The number of nitrogens with two attached hydrogens (primary N) is 1. The quantitative estimate of drug-likeness (QED) is 0.599. The number of nitrogens with zero attached hydrogens (tertiary/aromatic N) is 1. The molecule has 0 aliphatic carbocycles. The molecular formula is C19H20FN2O2S2+. The molecule has 1 aromatic heterocycles. The van der Waals surface area contributed by atoms with Gasteiger partial charge in [0.2, 0.25) is 9.50 Å². The first-order valence-corrected chi connectivity index (χ1v) is 10.7. The van der Waals surface area contributed by atoms with E-state index < -0.39 is 15.0 Å². The molecule has 7 heteroatoms. The number of sulfone groups is 1. The Morgan fingerprint density at radius 3 is 2.62 bits per heavy atom. The molecule has 0 radical (unpaired) electrons. The Balaban J connectivity index is 1.53. The summed E-state index contributed by atoms with van der Waals surface area (Å²) in [5, 5.41) is 1.02. The molecule has 2 N–H and O–H groups in total. The van der Waals surface area contributed by atoms with Crippen molar-refractivity contribution in [1.29, 1.82) is 0 Å². The van der Waals surface area contributed by atoms with Crippen LogP contribution in [0.3, 0.4) is 0 Å². The fraction of sp³-hybridized carbons (Fsp3) is 0.211. The SMILES string of the molecule is O=S(=O)(/C(F)=C/CCC[NH2+]Cc1ccccc1)c1nc2ccccc2s1. The summed E-state index contributed by atoms with van der Waals surface area (Å²) in [4.78, 5) is 4.04. The lowest BCUT2D eigenvalue weighted by Crippen LogP contribution is -2.82. The molecular weight excluding hydrogens is 371 g/mol. The number of benzene rings is 2. The highest BCUT2D eigenvalue weighted by Gasteiger charge is 2.24. The summed E-state index contributed by atoms with van der Waals surface area (Å²) in [5.74, 6) is 0. The number of hydrogen-bond acceptors (Lipinski definition) is 4. The van der Waals surface area contributed by atoms with E-state index in [0.717, 1.165) is 35.2 Å². The Morgan fingerprint density at radius 1 is 1.12 bits per heavy atom. The zero-order valence-corrected chi connectivity index (χ0v) is 15.8. The second kappa shape index (κ2) is 8.53. The summed E-state index contributed by atoms with van der Waals surface area (Å²) in [6, 6.07) is 17.1. The molecule has 0 spiro atoms. The van der Waals surface area contributed by atoms with Gasteiger partial charge < -0.3 is 5.32 Å². The normalized spacial score (nSPS) is 12.6. The fourth-order valence-electron chi connectivity index (χ4n) is 2.52. The van der Waals surface area contributed by atoms with Crippen LogP contribution < -0.4 is 5.32 Å². The molecule has 0 fully saturated rings. The Labute approximate surface area is 156 Å². The van der Waals surface area contributed by atoms with E-state index in [-0.39, 0.29) is 4.34 Å². The van der Waals surface area contributed by atoms with E-state index >= 15 is 0 Å². The predicted octanol–water partition coefficient (Wildman–Crippen LogP) is 3.42. The monoisotopic (exact) mass is 391 g/mol. The van der Waals surface area contributed by atoms with Crippen LogP contribution in [0.1, 0.15) is 18.4 Å². The predicted molar refractivity (Wildman–Crippen MR) is 102 cm³/mol. The zero-order chi connectivity index (χ0) is 18.4. The first kappa shape index (κ1) is 18.7. The molecule has 1 heterocycles. The van der Waals surface area contributed by atoms with Gasteiger partial charge in [0, 0.05) is 12.0 Å². The van der Waals surface area contributed by atoms with E-state index in [1.165, 1.54) is 5.56 Å². The number of aromatic nitrogens is 1. The highest BCUT2D eigenvalue weighted by Crippen LogP contribution is 2.29. The average Bonchev–Trinajstić information content (AvgIpc) is 3.10. The summed E-state index contributed by atoms with van der Waals surface area (Å²) < 4.78 is 39.3. The lowest BCUT2D eigenvalue weighted by atomic mass is 10.2. The van der Waals surface area contributed by atoms with Gasteiger partial charge in [0.15, 0.2) is 0 Å². The first-order valence-electron chi connectivity index (χ1n) is 8.39. The third-order valence-corrected chi connectivity index (χ3v) is 6.87. The van der Waals surface area contributed by atoms with Crippen molar-refractivity contribution in [3.05, 3.63) is 71.4 Å². The van der Waals surface area contributed by atoms with Crippen LogP contribution in [-0.2, 0) is 16.4 Å². The third kappa shape index (κ3) is 4.55. The van der Waals surface area contributed by atoms with Crippen LogP contribution in [0.25, 0.3) is 10.2 Å². The Kier molecular flexibility index (Phi) is 6.13. The minimum Gasteiger partial charge on any atom is -0.342 e. The molecule has 0 atom stereocenters. The van der Waals surface area contributed by atoms with E-state index in [1.54, 1.807) is 24.3 Å². The van der Waals surface area contributed by atoms with Crippen molar-refractivity contribution in [3.8, 4) is 0 Å². The highest BCUT2D eigenvalue weighted by molar-refractivity contribution is 7.96. The van der Waals surface area contributed by atoms with E-state index in [0.29, 0.717) is 18.4 Å². The van der Waals surface area contributed by atoms with Crippen LogP contribution >= 0.6 is 11.3 Å². The van der Waals surface area contributed by atoms with E-state index in [1.807, 2.05) is 18.2 Å². The van der Waals surface area contributed by atoms with Crippen LogP contribution in [0.5, 0.6) is 0 Å². The number of fused-ring (bicyclic) bond motifs is 1. The minimum absolute atomic E-state index is 0.192. The lowest BCUT2D eigenvalue weighted by molar-refractivity contribution is -0.670. The largest absolute Gasteiger partial charge is 0.342 e. The molecule has 0 saturated carbocycles. The molecule has 3 rings (SSSR count). The first-order chi connectivity index (χ1) is 12.6. The number of halogens is 1. The maximum absolute atomic E-state index is 14.2. The molecule has 3 aromatic rings. The van der Waals surface area contributed by atoms with Crippen LogP contribution in [0.15, 0.2) is 70.2 Å². The fourth-order valence-corrected chi connectivity index (χ4v) is 4.89. The van der Waals surface area contributed by atoms with Crippen molar-refractivity contribution in [2.24, 2.45) is 0 Å². The number of allylic oxidation sites excluding steroid dienone is 1. The summed E-state index contributed by atoms with van der Waals surface area (Å²) in [7, 11) is -4.14. The van der Waals surface area contributed by atoms with Crippen LogP contribution in [0.2, 0.25) is 0 Å². The second-order valence-electron chi connectivity index (χ2n) is 5.87. The van der Waals surface area contributed by atoms with Crippen LogP contribution in [-0.4, -0.2) is 19.9 Å². The van der Waals surface area contributed by atoms with Crippen molar-refractivity contribution in [1.82, 2.24) is 4.98 Å². The molecule has 0 saturated heterocycles. The molecule has 136 valence electrons. The molecule has 0 bridgehead atoms. The third-order valence-electron chi connectivity index (χ3n) is 3.90. The number of hydrogen-bond donors (Lipinski definition) is 1. The maximum Gasteiger partial charge on any atom is 0.259 e. The number of unbranched alkanes of at least 4 members (excludes halogenated alkanes) is 1. The number of para-hydroxylation sites is 1. The van der Waals surface area contributed by atoms with Gasteiger partial charge in [0.05, 0.1) is 16.8 Å². The minimum atomic E-state index is -4.14. The lowest BCUT2D eigenvalue weighted by Gasteiger charge is -2.01. The topological polar surface area (TPSA) is 63.6 Å². The van der Waals surface area contributed by atoms with Crippen molar-refractivity contribution in [2.75, 3.05) is 6.54 Å². The maximum atomic E-state index is 14.2. The number of quaternary nitrogens is 1. The molecule has 0 aliphatic rings. The van der Waals surface area contributed by atoms with Gasteiger partial charge in [-0.15, -0.1) is 11.3 Å². The molecule has 0 unspecified atom stereocenters. The van der Waals surface area contributed by atoms with Gasteiger partial charge >= 0.3 is 0 Å². The molecule has 26 heavy (non-hydrogen) atoms. The zero-order valence-electron chi connectivity index (χ0n) is 14.1. The smallest absolute Gasteiger partial charge is 0.259 e. The van der Waals surface area contributed by atoms with E-state index in [4.69, 9.17) is 0 Å². The van der Waals surface area contributed by atoms with Gasteiger partial charge in [0.25, 0.3) is 9.84 Å². The van der Waals surface area contributed by atoms with Gasteiger partial charge in [-0.05, 0) is 24.6 Å². The van der Waals surface area contributed by atoms with Crippen molar-refractivity contribution >= 4 is 31.4 Å². The van der Waals surface area contributed by atoms with E-state index in [2.05, 4.69) is 22.4 Å². The van der Waals surface area contributed by atoms with Crippen LogP contribution in [0, 0.1) is 0 Å². The number of thiazole rings is 1.